The molecular formula is C31H35N3O4. The molecule has 0 aromatic heterocycles. The monoisotopic (exact) mass is 513 g/mol. The van der Waals surface area contributed by atoms with Gasteiger partial charge in [-0.15, -0.1) is 0 Å². The summed E-state index contributed by atoms with van der Waals surface area (Å²) in [5, 5.41) is 5.98. The minimum Gasteiger partial charge on any atom is -0.447 e. The summed E-state index contributed by atoms with van der Waals surface area (Å²) in [7, 11) is 0. The minimum absolute atomic E-state index is 0.0459. The van der Waals surface area contributed by atoms with E-state index in [1.54, 1.807) is 25.7 Å². The SMILES string of the molecule is CC(=O)N1c2ccc(-c3cccc(NC(=O)CCc4ccccc4)c3)cc2[C@H](NC(=O)OC(C)C)C[C@@H]1C. The van der Waals surface area contributed by atoms with Gasteiger partial charge in [0, 0.05) is 30.8 Å². The van der Waals surface area contributed by atoms with Crippen molar-refractivity contribution in [1.82, 2.24) is 5.32 Å². The first-order chi connectivity index (χ1) is 18.2. The van der Waals surface area contributed by atoms with Gasteiger partial charge in [-0.25, -0.2) is 4.79 Å². The van der Waals surface area contributed by atoms with Crippen molar-refractivity contribution in [2.24, 2.45) is 0 Å². The van der Waals surface area contributed by atoms with E-state index < -0.39 is 6.09 Å². The summed E-state index contributed by atoms with van der Waals surface area (Å²) >= 11 is 0. The fourth-order valence-corrected chi connectivity index (χ4v) is 4.95. The van der Waals surface area contributed by atoms with Crippen molar-refractivity contribution in [2.45, 2.75) is 65.1 Å². The van der Waals surface area contributed by atoms with Crippen LogP contribution in [0.4, 0.5) is 16.2 Å². The van der Waals surface area contributed by atoms with E-state index in [2.05, 4.69) is 10.6 Å². The predicted molar refractivity (Wildman–Crippen MR) is 150 cm³/mol. The predicted octanol–water partition coefficient (Wildman–Crippen LogP) is 6.25. The summed E-state index contributed by atoms with van der Waals surface area (Å²) in [5.74, 6) is -0.0922. The second-order valence-electron chi connectivity index (χ2n) is 10.0. The Morgan fingerprint density at radius 3 is 2.42 bits per heavy atom. The van der Waals surface area contributed by atoms with Crippen molar-refractivity contribution in [3.8, 4) is 11.1 Å². The first kappa shape index (κ1) is 26.9. The maximum atomic E-state index is 12.6. The average Bonchev–Trinajstić information content (AvgIpc) is 2.87. The topological polar surface area (TPSA) is 87.7 Å². The van der Waals surface area contributed by atoms with Gasteiger partial charge in [0.15, 0.2) is 0 Å². The molecule has 0 bridgehead atoms. The van der Waals surface area contributed by atoms with Crippen LogP contribution in [0, 0.1) is 0 Å². The molecule has 0 spiro atoms. The fraction of sp³-hybridized carbons (Fsp3) is 0.323. The number of nitrogens with zero attached hydrogens (tertiary/aromatic N) is 1. The Labute approximate surface area is 224 Å². The number of benzene rings is 3. The second kappa shape index (κ2) is 11.9. The van der Waals surface area contributed by atoms with Crippen LogP contribution in [0.5, 0.6) is 0 Å². The molecule has 1 heterocycles. The smallest absolute Gasteiger partial charge is 0.407 e. The zero-order valence-electron chi connectivity index (χ0n) is 22.4. The van der Waals surface area contributed by atoms with E-state index in [1.165, 1.54) is 0 Å². The number of fused-ring (bicyclic) bond motifs is 1. The van der Waals surface area contributed by atoms with Crippen LogP contribution in [0.25, 0.3) is 11.1 Å². The van der Waals surface area contributed by atoms with Crippen molar-refractivity contribution in [3.05, 3.63) is 83.9 Å². The van der Waals surface area contributed by atoms with Gasteiger partial charge in [0.05, 0.1) is 12.1 Å². The van der Waals surface area contributed by atoms with Crippen LogP contribution >= 0.6 is 0 Å². The van der Waals surface area contributed by atoms with Gasteiger partial charge in [-0.3, -0.25) is 9.59 Å². The minimum atomic E-state index is -0.481. The largest absolute Gasteiger partial charge is 0.447 e. The first-order valence-corrected chi connectivity index (χ1v) is 13.1. The Morgan fingerprint density at radius 2 is 1.71 bits per heavy atom. The van der Waals surface area contributed by atoms with E-state index in [9.17, 15) is 14.4 Å². The quantitative estimate of drug-likeness (QED) is 0.391. The van der Waals surface area contributed by atoms with Crippen LogP contribution in [0.1, 0.15) is 57.7 Å². The van der Waals surface area contributed by atoms with Crippen molar-refractivity contribution in [3.63, 3.8) is 0 Å². The molecule has 1 aliphatic heterocycles. The van der Waals surface area contributed by atoms with Gasteiger partial charge in [0.1, 0.15) is 0 Å². The fourth-order valence-electron chi connectivity index (χ4n) is 4.95. The third-order valence-electron chi connectivity index (χ3n) is 6.62. The Kier molecular flexibility index (Phi) is 8.46. The maximum Gasteiger partial charge on any atom is 0.407 e. The molecule has 2 N–H and O–H groups in total. The highest BCUT2D eigenvalue weighted by molar-refractivity contribution is 5.95. The van der Waals surface area contributed by atoms with Crippen LogP contribution in [-0.2, 0) is 20.7 Å². The average molecular weight is 514 g/mol. The zero-order valence-corrected chi connectivity index (χ0v) is 22.4. The second-order valence-corrected chi connectivity index (χ2v) is 10.0. The molecule has 1 aliphatic rings. The third-order valence-corrected chi connectivity index (χ3v) is 6.62. The number of rotatable bonds is 7. The van der Waals surface area contributed by atoms with E-state index in [-0.39, 0.29) is 30.0 Å². The molecule has 38 heavy (non-hydrogen) atoms. The van der Waals surface area contributed by atoms with Gasteiger partial charge in [-0.1, -0.05) is 48.5 Å². The van der Waals surface area contributed by atoms with E-state index in [0.717, 1.165) is 27.9 Å². The number of amides is 3. The van der Waals surface area contributed by atoms with Gasteiger partial charge in [0.2, 0.25) is 11.8 Å². The number of hydrogen-bond donors (Lipinski definition) is 2. The molecule has 0 fully saturated rings. The summed E-state index contributed by atoms with van der Waals surface area (Å²) in [6.07, 6.45) is 0.925. The molecule has 7 nitrogen and oxygen atoms in total. The molecule has 0 saturated heterocycles. The van der Waals surface area contributed by atoms with Gasteiger partial charge < -0.3 is 20.3 Å². The molecular weight excluding hydrogens is 478 g/mol. The van der Waals surface area contributed by atoms with Gasteiger partial charge >= 0.3 is 6.09 Å². The number of anilines is 2. The lowest BCUT2D eigenvalue weighted by Gasteiger charge is -2.39. The van der Waals surface area contributed by atoms with Crippen LogP contribution in [-0.4, -0.2) is 30.1 Å². The van der Waals surface area contributed by atoms with Crippen molar-refractivity contribution < 1.29 is 19.1 Å². The summed E-state index contributed by atoms with van der Waals surface area (Å²) in [5.41, 5.74) is 5.32. The Morgan fingerprint density at radius 1 is 0.974 bits per heavy atom. The number of alkyl carbamates (subject to hydrolysis) is 1. The van der Waals surface area contributed by atoms with Crippen LogP contribution in [0.2, 0.25) is 0 Å². The molecule has 0 aliphatic carbocycles. The van der Waals surface area contributed by atoms with Crippen molar-refractivity contribution in [1.29, 1.82) is 0 Å². The number of carbonyl (C=O) groups is 3. The highest BCUT2D eigenvalue weighted by Gasteiger charge is 2.33. The van der Waals surface area contributed by atoms with Gasteiger partial charge in [-0.2, -0.15) is 0 Å². The van der Waals surface area contributed by atoms with E-state index in [0.29, 0.717) is 24.9 Å². The zero-order chi connectivity index (χ0) is 27.2. The first-order valence-electron chi connectivity index (χ1n) is 13.1. The molecule has 2 atom stereocenters. The van der Waals surface area contributed by atoms with Crippen LogP contribution in [0.15, 0.2) is 72.8 Å². The molecule has 198 valence electrons. The summed E-state index contributed by atoms with van der Waals surface area (Å²) in [6.45, 7) is 7.14. The molecule has 3 amide bonds. The van der Waals surface area contributed by atoms with Crippen molar-refractivity contribution >= 4 is 29.3 Å². The van der Waals surface area contributed by atoms with Gasteiger partial charge in [0.25, 0.3) is 0 Å². The maximum absolute atomic E-state index is 12.6. The third kappa shape index (κ3) is 6.59. The summed E-state index contributed by atoms with van der Waals surface area (Å²) in [4.78, 5) is 39.3. The summed E-state index contributed by atoms with van der Waals surface area (Å²) in [6, 6.07) is 23.1. The molecule has 0 unspecified atom stereocenters. The number of aryl methyl sites for hydroxylation is 1. The van der Waals surface area contributed by atoms with Crippen LogP contribution < -0.4 is 15.5 Å². The summed E-state index contributed by atoms with van der Waals surface area (Å²) < 4.78 is 5.32. The highest BCUT2D eigenvalue weighted by Crippen LogP contribution is 2.40. The Bertz CT molecular complexity index is 1310. The highest BCUT2D eigenvalue weighted by atomic mass is 16.6. The van der Waals surface area contributed by atoms with E-state index >= 15 is 0 Å². The number of ether oxygens (including phenoxy) is 1. The van der Waals surface area contributed by atoms with E-state index in [1.807, 2.05) is 79.7 Å². The number of carbonyl (C=O) groups excluding carboxylic acids is 3. The number of nitrogens with one attached hydrogen (secondary N) is 2. The van der Waals surface area contributed by atoms with Crippen LogP contribution in [0.3, 0.4) is 0 Å². The number of hydrogen-bond acceptors (Lipinski definition) is 4. The molecule has 4 rings (SSSR count). The standard InChI is InChI=1S/C31H35N3O4/c1-20(2)38-31(37)33-28-17-21(3)34(22(4)35)29-15-14-25(19-27(28)29)24-11-8-12-26(18-24)32-30(36)16-13-23-9-6-5-7-10-23/h5-12,14-15,18-21,28H,13,16-17H2,1-4H3,(H,32,36)(H,33,37)/t21-,28+/m0/s1. The molecule has 0 radical (unpaired) electrons. The molecule has 0 saturated carbocycles. The van der Waals surface area contributed by atoms with E-state index in [4.69, 9.17) is 4.74 Å². The van der Waals surface area contributed by atoms with Gasteiger partial charge in [-0.05, 0) is 80.1 Å². The molecule has 3 aromatic carbocycles. The Balaban J connectivity index is 1.56. The molecule has 3 aromatic rings. The lowest BCUT2D eigenvalue weighted by atomic mass is 9.89. The molecule has 7 heteroatoms. The lowest BCUT2D eigenvalue weighted by Crippen LogP contribution is -2.45. The lowest BCUT2D eigenvalue weighted by molar-refractivity contribution is -0.117. The normalized spacial score (nSPS) is 16.5. The Hall–Kier alpha value is -4.13. The van der Waals surface area contributed by atoms with Crippen molar-refractivity contribution in [2.75, 3.05) is 10.2 Å².